The summed E-state index contributed by atoms with van der Waals surface area (Å²) >= 11 is 0. The standard InChI is InChI=1S/C28H33N5O5/c1-32(31-28(37)29-18-22-9-5-3-6-10-22)19-26(34)30-33(2)25(27(35)36)17-21-13-15-24(16-14-21)38-20-23-11-7-4-8-12-23/h3-16,25H,17-20H2,1-2H3,(H,30,34)(H,35,36)(H2,29,31,37)/t25-/m0/s1. The first kappa shape index (κ1) is 28.2. The smallest absolute Gasteiger partial charge is 0.329 e. The maximum Gasteiger partial charge on any atom is 0.329 e. The molecule has 0 aliphatic carbocycles. The second kappa shape index (κ2) is 14.4. The number of urea groups is 1. The number of likely N-dealkylation sites (N-methyl/N-ethyl adjacent to an activating group) is 2. The van der Waals surface area contributed by atoms with E-state index in [0.29, 0.717) is 18.9 Å². The molecule has 0 aliphatic rings. The van der Waals surface area contributed by atoms with Gasteiger partial charge in [-0.05, 0) is 28.8 Å². The number of carbonyl (C=O) groups excluding carboxylic acids is 2. The van der Waals surface area contributed by atoms with Crippen LogP contribution in [0.4, 0.5) is 4.79 Å². The van der Waals surface area contributed by atoms with Gasteiger partial charge in [0.2, 0.25) is 5.91 Å². The van der Waals surface area contributed by atoms with Crippen LogP contribution in [-0.2, 0) is 29.2 Å². The fourth-order valence-electron chi connectivity index (χ4n) is 3.63. The first-order valence-electron chi connectivity index (χ1n) is 12.1. The molecule has 10 nitrogen and oxygen atoms in total. The topological polar surface area (TPSA) is 123 Å². The van der Waals surface area contributed by atoms with Gasteiger partial charge in [-0.3, -0.25) is 20.4 Å². The van der Waals surface area contributed by atoms with Crippen molar-refractivity contribution >= 4 is 17.9 Å². The van der Waals surface area contributed by atoms with E-state index in [1.165, 1.54) is 24.1 Å². The molecule has 3 aromatic carbocycles. The number of aliphatic carboxylic acids is 1. The van der Waals surface area contributed by atoms with E-state index in [9.17, 15) is 19.5 Å². The Bertz CT molecular complexity index is 1180. The Hall–Kier alpha value is -4.41. The molecule has 10 heteroatoms. The van der Waals surface area contributed by atoms with Crippen LogP contribution in [0.5, 0.6) is 5.75 Å². The molecule has 0 unspecified atom stereocenters. The lowest BCUT2D eigenvalue weighted by Gasteiger charge is -2.26. The first-order valence-corrected chi connectivity index (χ1v) is 12.1. The zero-order valence-electron chi connectivity index (χ0n) is 21.5. The number of hydrazine groups is 2. The molecule has 0 fully saturated rings. The van der Waals surface area contributed by atoms with Crippen LogP contribution in [0.2, 0.25) is 0 Å². The van der Waals surface area contributed by atoms with Gasteiger partial charge in [-0.15, -0.1) is 0 Å². The molecule has 1 atom stereocenters. The van der Waals surface area contributed by atoms with Crippen LogP contribution in [0.1, 0.15) is 16.7 Å². The average Bonchev–Trinajstić information content (AvgIpc) is 2.90. The Kier molecular flexibility index (Phi) is 10.6. The second-order valence-electron chi connectivity index (χ2n) is 8.76. The van der Waals surface area contributed by atoms with Gasteiger partial charge in [-0.2, -0.15) is 0 Å². The maximum absolute atomic E-state index is 12.5. The van der Waals surface area contributed by atoms with Crippen LogP contribution in [-0.4, -0.2) is 59.7 Å². The highest BCUT2D eigenvalue weighted by molar-refractivity contribution is 5.80. The lowest BCUT2D eigenvalue weighted by atomic mass is 10.1. The van der Waals surface area contributed by atoms with Crippen LogP contribution in [0.3, 0.4) is 0 Å². The van der Waals surface area contributed by atoms with Crippen molar-refractivity contribution in [3.05, 3.63) is 102 Å². The minimum absolute atomic E-state index is 0.168. The van der Waals surface area contributed by atoms with E-state index >= 15 is 0 Å². The molecule has 3 amide bonds. The largest absolute Gasteiger partial charge is 0.489 e. The van der Waals surface area contributed by atoms with Crippen LogP contribution < -0.4 is 20.9 Å². The minimum Gasteiger partial charge on any atom is -0.489 e. The molecular formula is C28H33N5O5. The number of hydrogen-bond acceptors (Lipinski definition) is 6. The summed E-state index contributed by atoms with van der Waals surface area (Å²) in [5.41, 5.74) is 7.89. The van der Waals surface area contributed by atoms with Gasteiger partial charge in [-0.1, -0.05) is 72.8 Å². The van der Waals surface area contributed by atoms with E-state index in [0.717, 1.165) is 16.7 Å². The van der Waals surface area contributed by atoms with Gasteiger partial charge in [0.25, 0.3) is 0 Å². The maximum atomic E-state index is 12.5. The highest BCUT2D eigenvalue weighted by atomic mass is 16.5. The van der Waals surface area contributed by atoms with Gasteiger partial charge in [0.15, 0.2) is 0 Å². The summed E-state index contributed by atoms with van der Waals surface area (Å²) < 4.78 is 5.78. The fraction of sp³-hybridized carbons (Fsp3) is 0.250. The molecule has 3 rings (SSSR count). The summed E-state index contributed by atoms with van der Waals surface area (Å²) in [5, 5.41) is 15.0. The van der Waals surface area contributed by atoms with Gasteiger partial charge in [-0.25, -0.2) is 14.8 Å². The number of carboxylic acid groups (broad SMARTS) is 1. The Balaban J connectivity index is 1.44. The highest BCUT2D eigenvalue weighted by Crippen LogP contribution is 2.16. The lowest BCUT2D eigenvalue weighted by molar-refractivity contribution is -0.145. The molecule has 4 N–H and O–H groups in total. The number of rotatable bonds is 13. The number of hydrogen-bond donors (Lipinski definition) is 4. The van der Waals surface area contributed by atoms with Gasteiger partial charge in [0.1, 0.15) is 18.4 Å². The predicted octanol–water partition coefficient (Wildman–Crippen LogP) is 2.57. The minimum atomic E-state index is -1.08. The van der Waals surface area contributed by atoms with Gasteiger partial charge < -0.3 is 15.2 Å². The van der Waals surface area contributed by atoms with Crippen LogP contribution >= 0.6 is 0 Å². The zero-order chi connectivity index (χ0) is 27.3. The molecule has 0 aromatic heterocycles. The third-order valence-electron chi connectivity index (χ3n) is 5.62. The van der Waals surface area contributed by atoms with Crippen molar-refractivity contribution in [2.24, 2.45) is 0 Å². The van der Waals surface area contributed by atoms with Crippen LogP contribution in [0.25, 0.3) is 0 Å². The highest BCUT2D eigenvalue weighted by Gasteiger charge is 2.25. The van der Waals surface area contributed by atoms with E-state index in [2.05, 4.69) is 16.2 Å². The Morgan fingerprint density at radius 1 is 0.816 bits per heavy atom. The number of ether oxygens (including phenoxy) is 1. The molecule has 0 aliphatic heterocycles. The molecule has 0 heterocycles. The fourth-order valence-corrected chi connectivity index (χ4v) is 3.63. The molecule has 38 heavy (non-hydrogen) atoms. The van der Waals surface area contributed by atoms with Crippen molar-refractivity contribution in [2.75, 3.05) is 20.6 Å². The molecule has 0 spiro atoms. The van der Waals surface area contributed by atoms with Crippen LogP contribution in [0.15, 0.2) is 84.9 Å². The summed E-state index contributed by atoms with van der Waals surface area (Å²) in [4.78, 5) is 36.5. The molecule has 0 saturated heterocycles. The quantitative estimate of drug-likeness (QED) is 0.256. The van der Waals surface area contributed by atoms with Crippen molar-refractivity contribution < 1.29 is 24.2 Å². The van der Waals surface area contributed by atoms with Crippen molar-refractivity contribution in [3.8, 4) is 5.75 Å². The van der Waals surface area contributed by atoms with Crippen molar-refractivity contribution in [3.63, 3.8) is 0 Å². The number of carbonyl (C=O) groups is 3. The lowest BCUT2D eigenvalue weighted by Crippen LogP contribution is -2.54. The molecule has 3 aromatic rings. The summed E-state index contributed by atoms with van der Waals surface area (Å²) in [6.45, 7) is 0.601. The third-order valence-corrected chi connectivity index (χ3v) is 5.62. The molecule has 0 saturated carbocycles. The van der Waals surface area contributed by atoms with Crippen molar-refractivity contribution in [1.82, 2.24) is 26.2 Å². The van der Waals surface area contributed by atoms with E-state index in [4.69, 9.17) is 4.74 Å². The number of benzene rings is 3. The number of amides is 3. The third kappa shape index (κ3) is 9.57. The van der Waals surface area contributed by atoms with Crippen molar-refractivity contribution in [2.45, 2.75) is 25.6 Å². The number of nitrogens with one attached hydrogen (secondary N) is 3. The van der Waals surface area contributed by atoms with E-state index < -0.39 is 23.9 Å². The van der Waals surface area contributed by atoms with E-state index in [-0.39, 0.29) is 13.0 Å². The molecule has 0 radical (unpaired) electrons. The average molecular weight is 520 g/mol. The van der Waals surface area contributed by atoms with Gasteiger partial charge in [0, 0.05) is 27.1 Å². The van der Waals surface area contributed by atoms with Gasteiger partial charge in [0.05, 0.1) is 6.54 Å². The molecule has 0 bridgehead atoms. The van der Waals surface area contributed by atoms with Crippen molar-refractivity contribution in [1.29, 1.82) is 0 Å². The normalized spacial score (nSPS) is 11.6. The zero-order valence-corrected chi connectivity index (χ0v) is 21.5. The van der Waals surface area contributed by atoms with E-state index in [1.807, 2.05) is 60.7 Å². The SMILES string of the molecule is CN(CC(=O)NN(C)[C@@H](Cc1ccc(OCc2ccccc2)cc1)C(=O)O)NC(=O)NCc1ccccc1. The number of nitrogens with zero attached hydrogens (tertiary/aromatic N) is 2. The molecular weight excluding hydrogens is 486 g/mol. The first-order chi connectivity index (χ1) is 18.3. The summed E-state index contributed by atoms with van der Waals surface area (Å²) in [6.07, 6.45) is 0.168. The van der Waals surface area contributed by atoms with Gasteiger partial charge >= 0.3 is 12.0 Å². The monoisotopic (exact) mass is 519 g/mol. The summed E-state index contributed by atoms with van der Waals surface area (Å²) in [5.74, 6) is -0.882. The predicted molar refractivity (Wildman–Crippen MR) is 143 cm³/mol. The molecule has 200 valence electrons. The summed E-state index contributed by atoms with van der Waals surface area (Å²) in [6, 6.07) is 24.9. The Morgan fingerprint density at radius 3 is 2.03 bits per heavy atom. The van der Waals surface area contributed by atoms with E-state index in [1.54, 1.807) is 24.3 Å². The second-order valence-corrected chi connectivity index (χ2v) is 8.76. The Morgan fingerprint density at radius 2 is 1.42 bits per heavy atom. The summed E-state index contributed by atoms with van der Waals surface area (Å²) in [7, 11) is 3.03. The Labute approximate surface area is 222 Å². The number of carboxylic acids is 1. The van der Waals surface area contributed by atoms with Crippen LogP contribution in [0, 0.1) is 0 Å².